The predicted molar refractivity (Wildman–Crippen MR) is 238 cm³/mol. The van der Waals surface area contributed by atoms with Crippen LogP contribution < -0.4 is 4.90 Å². The first-order valence-electron chi connectivity index (χ1n) is 19.7. The van der Waals surface area contributed by atoms with Crippen molar-refractivity contribution in [2.45, 2.75) is 5.41 Å². The molecule has 0 bridgehead atoms. The monoisotopic (exact) mass is 726 g/mol. The summed E-state index contributed by atoms with van der Waals surface area (Å²) >= 11 is 0. The second-order valence-corrected chi connectivity index (χ2v) is 14.9. The molecular weight excluding hydrogens is 689 g/mol. The number of para-hydroxylation sites is 2. The first kappa shape index (κ1) is 33.0. The van der Waals surface area contributed by atoms with E-state index in [2.05, 4.69) is 240 Å². The topological polar surface area (TPSA) is 8.17 Å². The van der Waals surface area contributed by atoms with Crippen LogP contribution in [0.2, 0.25) is 0 Å². The quantitative estimate of drug-likeness (QED) is 0.159. The summed E-state index contributed by atoms with van der Waals surface area (Å²) in [6.07, 6.45) is 0. The largest absolute Gasteiger partial charge is 0.310 e. The zero-order valence-electron chi connectivity index (χ0n) is 31.3. The number of anilines is 3. The normalized spacial score (nSPS) is 12.7. The molecule has 0 aliphatic heterocycles. The van der Waals surface area contributed by atoms with Gasteiger partial charge >= 0.3 is 0 Å². The van der Waals surface area contributed by atoms with Crippen molar-refractivity contribution >= 4 is 38.9 Å². The highest BCUT2D eigenvalue weighted by Gasteiger charge is 2.46. The zero-order chi connectivity index (χ0) is 37.8. The fourth-order valence-corrected chi connectivity index (χ4v) is 9.52. The summed E-state index contributed by atoms with van der Waals surface area (Å²) in [5, 5.41) is 2.48. The standard InChI is InChI=1S/C55H38N2/c1-5-19-39(20-6-1)46-31-18-34-52-54(46)49-36-35-45(38-53(49)57(52)43-26-11-4-12-27-43)56(42-24-9-3-10-25-42)44-28-17-23-41(37-44)55(40-21-7-2-8-22-40)50-32-15-13-29-47(50)48-30-14-16-33-51(48)55/h1-38H. The van der Waals surface area contributed by atoms with E-state index >= 15 is 0 Å². The van der Waals surface area contributed by atoms with E-state index in [1.807, 2.05) is 0 Å². The highest BCUT2D eigenvalue weighted by Crippen LogP contribution is 2.56. The SMILES string of the molecule is c1ccc(-c2cccc3c2c2ccc(N(c4ccccc4)c4cccc(C5(c6ccccc6)c6ccccc6-c6ccccc65)c4)cc2n3-c2ccccc2)cc1. The molecule has 57 heavy (non-hydrogen) atoms. The smallest absolute Gasteiger partial charge is 0.0714 e. The molecule has 11 rings (SSSR count). The maximum Gasteiger partial charge on any atom is 0.0714 e. The maximum absolute atomic E-state index is 2.43. The second kappa shape index (κ2) is 13.4. The van der Waals surface area contributed by atoms with Crippen molar-refractivity contribution in [1.82, 2.24) is 4.57 Å². The average Bonchev–Trinajstić information content (AvgIpc) is 3.79. The third-order valence-corrected chi connectivity index (χ3v) is 11.8. The molecule has 268 valence electrons. The van der Waals surface area contributed by atoms with Crippen molar-refractivity contribution in [2.75, 3.05) is 4.90 Å². The molecule has 2 heteroatoms. The molecule has 1 heterocycles. The summed E-state index contributed by atoms with van der Waals surface area (Å²) in [7, 11) is 0. The predicted octanol–water partition coefficient (Wildman–Crippen LogP) is 14.3. The van der Waals surface area contributed by atoms with Crippen LogP contribution in [0.1, 0.15) is 22.3 Å². The Labute approximate surface area is 333 Å². The molecule has 1 aromatic heterocycles. The van der Waals surface area contributed by atoms with Gasteiger partial charge in [-0.2, -0.15) is 0 Å². The van der Waals surface area contributed by atoms with Gasteiger partial charge in [0.05, 0.1) is 16.4 Å². The Balaban J connectivity index is 1.17. The van der Waals surface area contributed by atoms with Gasteiger partial charge in [0.25, 0.3) is 0 Å². The molecular formula is C55H38N2. The van der Waals surface area contributed by atoms with Crippen LogP contribution in [0.4, 0.5) is 17.1 Å². The summed E-state index contributed by atoms with van der Waals surface area (Å²) in [4.78, 5) is 2.42. The van der Waals surface area contributed by atoms with Gasteiger partial charge in [-0.15, -0.1) is 0 Å². The third kappa shape index (κ3) is 5.11. The van der Waals surface area contributed by atoms with E-state index in [9.17, 15) is 0 Å². The Morgan fingerprint density at radius 2 is 0.877 bits per heavy atom. The van der Waals surface area contributed by atoms with Gasteiger partial charge in [-0.25, -0.2) is 0 Å². The minimum atomic E-state index is -0.496. The lowest BCUT2D eigenvalue weighted by Gasteiger charge is -2.35. The Morgan fingerprint density at radius 3 is 1.58 bits per heavy atom. The number of fused-ring (bicyclic) bond motifs is 6. The number of aromatic nitrogens is 1. The molecule has 2 nitrogen and oxygen atoms in total. The molecule has 0 atom stereocenters. The van der Waals surface area contributed by atoms with Crippen molar-refractivity contribution in [3.63, 3.8) is 0 Å². The van der Waals surface area contributed by atoms with E-state index in [0.29, 0.717) is 0 Å². The summed E-state index contributed by atoms with van der Waals surface area (Å²) < 4.78 is 2.43. The Hall–Kier alpha value is -7.42. The Bertz CT molecular complexity index is 3010. The van der Waals surface area contributed by atoms with Crippen LogP contribution in [0, 0.1) is 0 Å². The number of hydrogen-bond donors (Lipinski definition) is 0. The summed E-state index contributed by atoms with van der Waals surface area (Å²) in [5.74, 6) is 0. The van der Waals surface area contributed by atoms with Crippen LogP contribution in [0.25, 0.3) is 49.7 Å². The summed E-state index contributed by atoms with van der Waals surface area (Å²) in [6.45, 7) is 0. The van der Waals surface area contributed by atoms with Crippen molar-refractivity contribution in [3.05, 3.63) is 253 Å². The molecule has 0 saturated carbocycles. The van der Waals surface area contributed by atoms with Gasteiger partial charge in [0.1, 0.15) is 0 Å². The first-order chi connectivity index (χ1) is 28.3. The van der Waals surface area contributed by atoms with Crippen LogP contribution in [0.15, 0.2) is 231 Å². The van der Waals surface area contributed by atoms with Crippen molar-refractivity contribution < 1.29 is 0 Å². The van der Waals surface area contributed by atoms with Crippen LogP contribution in [-0.2, 0) is 5.41 Å². The second-order valence-electron chi connectivity index (χ2n) is 14.9. The molecule has 9 aromatic carbocycles. The summed E-state index contributed by atoms with van der Waals surface area (Å²) in [6, 6.07) is 84.2. The van der Waals surface area contributed by atoms with E-state index in [1.165, 1.54) is 60.8 Å². The van der Waals surface area contributed by atoms with Crippen LogP contribution >= 0.6 is 0 Å². The molecule has 1 aliphatic carbocycles. The molecule has 0 amide bonds. The van der Waals surface area contributed by atoms with Crippen LogP contribution in [0.3, 0.4) is 0 Å². The van der Waals surface area contributed by atoms with E-state index in [1.54, 1.807) is 0 Å². The number of nitrogens with zero attached hydrogens (tertiary/aromatic N) is 2. The maximum atomic E-state index is 2.43. The fraction of sp³-hybridized carbons (Fsp3) is 0.0182. The molecule has 0 fully saturated rings. The molecule has 0 saturated heterocycles. The van der Waals surface area contributed by atoms with Gasteiger partial charge in [0.2, 0.25) is 0 Å². The highest BCUT2D eigenvalue weighted by molar-refractivity contribution is 6.16. The molecule has 0 unspecified atom stereocenters. The lowest BCUT2D eigenvalue weighted by atomic mass is 9.67. The average molecular weight is 727 g/mol. The van der Waals surface area contributed by atoms with Gasteiger partial charge in [-0.1, -0.05) is 176 Å². The van der Waals surface area contributed by atoms with E-state index < -0.39 is 5.41 Å². The molecule has 1 aliphatic rings. The van der Waals surface area contributed by atoms with E-state index in [0.717, 1.165) is 28.3 Å². The van der Waals surface area contributed by atoms with Crippen LogP contribution in [0.5, 0.6) is 0 Å². The Morgan fingerprint density at radius 1 is 0.351 bits per heavy atom. The van der Waals surface area contributed by atoms with Crippen LogP contribution in [-0.4, -0.2) is 4.57 Å². The lowest BCUT2D eigenvalue weighted by molar-refractivity contribution is 0.768. The van der Waals surface area contributed by atoms with Crippen molar-refractivity contribution in [1.29, 1.82) is 0 Å². The lowest BCUT2D eigenvalue weighted by Crippen LogP contribution is -2.28. The summed E-state index contributed by atoms with van der Waals surface area (Å²) in [5.41, 5.74) is 16.4. The third-order valence-electron chi connectivity index (χ3n) is 11.8. The molecule has 0 N–H and O–H groups in total. The zero-order valence-corrected chi connectivity index (χ0v) is 31.3. The van der Waals surface area contributed by atoms with Gasteiger partial charge in [0.15, 0.2) is 0 Å². The number of rotatable bonds is 7. The minimum absolute atomic E-state index is 0.496. The van der Waals surface area contributed by atoms with E-state index in [4.69, 9.17) is 0 Å². The van der Waals surface area contributed by atoms with Gasteiger partial charge < -0.3 is 9.47 Å². The van der Waals surface area contributed by atoms with E-state index in [-0.39, 0.29) is 0 Å². The minimum Gasteiger partial charge on any atom is -0.310 e. The Kier molecular flexibility index (Phi) is 7.75. The fourth-order valence-electron chi connectivity index (χ4n) is 9.52. The van der Waals surface area contributed by atoms with Gasteiger partial charge in [-0.3, -0.25) is 0 Å². The molecule has 0 radical (unpaired) electrons. The molecule has 10 aromatic rings. The first-order valence-corrected chi connectivity index (χ1v) is 19.7. The number of benzene rings is 9. The van der Waals surface area contributed by atoms with Crippen molar-refractivity contribution in [3.8, 4) is 27.9 Å². The number of hydrogen-bond acceptors (Lipinski definition) is 1. The van der Waals surface area contributed by atoms with Gasteiger partial charge in [-0.05, 0) is 99.1 Å². The van der Waals surface area contributed by atoms with Gasteiger partial charge in [0, 0.05) is 33.5 Å². The van der Waals surface area contributed by atoms with Crippen molar-refractivity contribution in [2.24, 2.45) is 0 Å². The highest BCUT2D eigenvalue weighted by atomic mass is 15.1. The molecule has 0 spiro atoms.